The first-order valence-corrected chi connectivity index (χ1v) is 3.60. The molecule has 54 valence electrons. The van der Waals surface area contributed by atoms with E-state index >= 15 is 0 Å². The summed E-state index contributed by atoms with van der Waals surface area (Å²) in [7, 11) is 0. The number of rotatable bonds is 0. The van der Waals surface area contributed by atoms with Crippen LogP contribution in [-0.2, 0) is 0 Å². The maximum atomic E-state index is 8.99. The molecule has 5 heteroatoms. The van der Waals surface area contributed by atoms with Crippen LogP contribution < -0.4 is 9.44 Å². The summed E-state index contributed by atoms with van der Waals surface area (Å²) >= 11 is 1.30. The molecule has 1 heterocycles. The van der Waals surface area contributed by atoms with E-state index in [1.807, 2.05) is 0 Å². The van der Waals surface area contributed by atoms with Gasteiger partial charge < -0.3 is 10.2 Å². The van der Waals surface area contributed by atoms with Gasteiger partial charge in [0.2, 0.25) is 0 Å². The summed E-state index contributed by atoms with van der Waals surface area (Å²) in [6, 6.07) is 0. The quantitative estimate of drug-likeness (QED) is 0.315. The highest BCUT2D eigenvalue weighted by atomic mass is 32.2. The molecule has 0 aromatic heterocycles. The SMILES string of the molecule is OC1CNSNCC1O. The highest BCUT2D eigenvalue weighted by Gasteiger charge is 2.17. The first kappa shape index (κ1) is 7.30. The van der Waals surface area contributed by atoms with E-state index in [0.717, 1.165) is 0 Å². The molecule has 0 spiro atoms. The Labute approximate surface area is 57.9 Å². The van der Waals surface area contributed by atoms with Crippen LogP contribution >= 0.6 is 12.1 Å². The number of hydrogen-bond acceptors (Lipinski definition) is 5. The third-order valence-corrected chi connectivity index (χ3v) is 1.80. The van der Waals surface area contributed by atoms with Crippen molar-refractivity contribution in [1.82, 2.24) is 9.44 Å². The summed E-state index contributed by atoms with van der Waals surface area (Å²) in [4.78, 5) is 0. The first-order chi connectivity index (χ1) is 4.30. The van der Waals surface area contributed by atoms with Crippen LogP contribution in [0, 0.1) is 0 Å². The van der Waals surface area contributed by atoms with Crippen LogP contribution in [0.1, 0.15) is 0 Å². The van der Waals surface area contributed by atoms with E-state index in [-0.39, 0.29) is 0 Å². The van der Waals surface area contributed by atoms with Crippen molar-refractivity contribution in [3.05, 3.63) is 0 Å². The van der Waals surface area contributed by atoms with Gasteiger partial charge in [-0.1, -0.05) is 0 Å². The van der Waals surface area contributed by atoms with Gasteiger partial charge in [0.05, 0.1) is 12.2 Å². The average molecular weight is 150 g/mol. The summed E-state index contributed by atoms with van der Waals surface area (Å²) in [6.45, 7) is 0.859. The second-order valence-electron chi connectivity index (χ2n) is 1.93. The van der Waals surface area contributed by atoms with Gasteiger partial charge in [0, 0.05) is 25.2 Å². The van der Waals surface area contributed by atoms with E-state index in [2.05, 4.69) is 9.44 Å². The molecule has 2 atom stereocenters. The largest absolute Gasteiger partial charge is 0.389 e. The molecule has 0 aromatic carbocycles. The number of aliphatic hydroxyl groups excluding tert-OH is 2. The topological polar surface area (TPSA) is 64.5 Å². The summed E-state index contributed by atoms with van der Waals surface area (Å²) in [6.07, 6.45) is -1.29. The van der Waals surface area contributed by atoms with Crippen molar-refractivity contribution in [1.29, 1.82) is 0 Å². The number of aliphatic hydroxyl groups is 2. The van der Waals surface area contributed by atoms with Gasteiger partial charge in [-0.2, -0.15) is 0 Å². The maximum Gasteiger partial charge on any atom is 0.0945 e. The van der Waals surface area contributed by atoms with E-state index < -0.39 is 12.2 Å². The van der Waals surface area contributed by atoms with E-state index in [0.29, 0.717) is 13.1 Å². The predicted molar refractivity (Wildman–Crippen MR) is 35.6 cm³/mol. The Hall–Kier alpha value is 0.190. The molecule has 0 amide bonds. The lowest BCUT2D eigenvalue weighted by Gasteiger charge is -2.11. The molecule has 0 saturated carbocycles. The van der Waals surface area contributed by atoms with Crippen molar-refractivity contribution in [3.8, 4) is 0 Å². The molecule has 2 unspecified atom stereocenters. The fourth-order valence-electron chi connectivity index (χ4n) is 0.577. The summed E-state index contributed by atoms with van der Waals surface area (Å²) in [5.74, 6) is 0. The molecule has 1 rings (SSSR count). The van der Waals surface area contributed by atoms with Gasteiger partial charge in [0.25, 0.3) is 0 Å². The summed E-state index contributed by atoms with van der Waals surface area (Å²) < 4.78 is 5.65. The van der Waals surface area contributed by atoms with Crippen LogP contribution in [0.3, 0.4) is 0 Å². The van der Waals surface area contributed by atoms with Gasteiger partial charge >= 0.3 is 0 Å². The maximum absolute atomic E-state index is 8.99. The van der Waals surface area contributed by atoms with Gasteiger partial charge in [-0.25, -0.2) is 9.44 Å². The molecule has 0 radical (unpaired) electrons. The fraction of sp³-hybridized carbons (Fsp3) is 1.00. The third-order valence-electron chi connectivity index (χ3n) is 1.17. The molecule has 4 nitrogen and oxygen atoms in total. The second kappa shape index (κ2) is 3.38. The standard InChI is InChI=1S/C4H10N2O2S/c7-3-1-5-9-6-2-4(3)8/h3-8H,1-2H2. The number of β-amino-alcohol motifs (C(OH)–C–C–N with tert-alkyl or cyclic N) is 2. The van der Waals surface area contributed by atoms with Crippen molar-refractivity contribution < 1.29 is 10.2 Å². The summed E-state index contributed by atoms with van der Waals surface area (Å²) in [5, 5.41) is 18.0. The molecule has 1 aliphatic rings. The zero-order valence-corrected chi connectivity index (χ0v) is 5.69. The Morgan fingerprint density at radius 3 is 2.00 bits per heavy atom. The molecule has 1 saturated heterocycles. The number of nitrogens with one attached hydrogen (secondary N) is 2. The van der Waals surface area contributed by atoms with Gasteiger partial charge in [0.1, 0.15) is 0 Å². The molecule has 1 aliphatic heterocycles. The van der Waals surface area contributed by atoms with E-state index in [4.69, 9.17) is 10.2 Å². The van der Waals surface area contributed by atoms with Crippen LogP contribution in [0.15, 0.2) is 0 Å². The third kappa shape index (κ3) is 2.11. The highest BCUT2D eigenvalue weighted by Crippen LogP contribution is 1.99. The molecule has 0 aliphatic carbocycles. The highest BCUT2D eigenvalue weighted by molar-refractivity contribution is 7.95. The minimum absolute atomic E-state index is 0.429. The molecule has 0 aromatic rings. The first-order valence-electron chi connectivity index (χ1n) is 2.78. The van der Waals surface area contributed by atoms with Crippen LogP contribution in [0.2, 0.25) is 0 Å². The normalized spacial score (nSPS) is 38.0. The smallest absolute Gasteiger partial charge is 0.0945 e. The molecule has 4 N–H and O–H groups in total. The zero-order valence-electron chi connectivity index (χ0n) is 4.87. The zero-order chi connectivity index (χ0) is 6.69. The molecule has 1 fully saturated rings. The molecule has 9 heavy (non-hydrogen) atoms. The monoisotopic (exact) mass is 150 g/mol. The van der Waals surface area contributed by atoms with Crippen LogP contribution in [-0.4, -0.2) is 35.5 Å². The van der Waals surface area contributed by atoms with Crippen molar-refractivity contribution in [2.75, 3.05) is 13.1 Å². The van der Waals surface area contributed by atoms with Crippen molar-refractivity contribution in [2.24, 2.45) is 0 Å². The fourth-order valence-corrected chi connectivity index (χ4v) is 1.19. The Bertz CT molecular complexity index is 82.6. The van der Waals surface area contributed by atoms with Crippen molar-refractivity contribution >= 4 is 12.1 Å². The van der Waals surface area contributed by atoms with Gasteiger partial charge in [-0.3, -0.25) is 0 Å². The van der Waals surface area contributed by atoms with E-state index in [1.54, 1.807) is 0 Å². The summed E-state index contributed by atoms with van der Waals surface area (Å²) in [5.41, 5.74) is 0. The Balaban J connectivity index is 2.32. The minimum atomic E-state index is -0.646. The Morgan fingerprint density at radius 2 is 1.56 bits per heavy atom. The van der Waals surface area contributed by atoms with Crippen LogP contribution in [0.25, 0.3) is 0 Å². The van der Waals surface area contributed by atoms with Crippen LogP contribution in [0.4, 0.5) is 0 Å². The second-order valence-corrected chi connectivity index (χ2v) is 2.72. The minimum Gasteiger partial charge on any atom is -0.389 e. The molecular weight excluding hydrogens is 140 g/mol. The molecule has 0 bridgehead atoms. The van der Waals surface area contributed by atoms with Crippen molar-refractivity contribution in [3.63, 3.8) is 0 Å². The van der Waals surface area contributed by atoms with Gasteiger partial charge in [-0.15, -0.1) is 0 Å². The Morgan fingerprint density at radius 1 is 1.11 bits per heavy atom. The Kier molecular flexibility index (Phi) is 2.74. The average Bonchev–Trinajstić information content (AvgIpc) is 1.99. The lowest BCUT2D eigenvalue weighted by Crippen LogP contribution is -2.34. The van der Waals surface area contributed by atoms with Gasteiger partial charge in [0.15, 0.2) is 0 Å². The van der Waals surface area contributed by atoms with E-state index in [9.17, 15) is 0 Å². The predicted octanol–water partition coefficient (Wildman–Crippen LogP) is -1.54. The van der Waals surface area contributed by atoms with Crippen LogP contribution in [0.5, 0.6) is 0 Å². The van der Waals surface area contributed by atoms with Crippen molar-refractivity contribution in [2.45, 2.75) is 12.2 Å². The number of hydrogen-bond donors (Lipinski definition) is 4. The lowest BCUT2D eigenvalue weighted by atomic mass is 10.2. The lowest BCUT2D eigenvalue weighted by molar-refractivity contribution is 0.0299. The van der Waals surface area contributed by atoms with Gasteiger partial charge in [-0.05, 0) is 0 Å². The van der Waals surface area contributed by atoms with E-state index in [1.165, 1.54) is 12.1 Å². The molecular formula is C4H10N2O2S.